The monoisotopic (exact) mass is 428 g/mol. The highest BCUT2D eigenvalue weighted by atomic mass is 16.3. The van der Waals surface area contributed by atoms with Crippen molar-refractivity contribution in [2.75, 3.05) is 0 Å². The number of ketones is 1. The maximum atomic E-state index is 13.5. The first kappa shape index (κ1) is 23.5. The maximum Gasteiger partial charge on any atom is 0.137 e. The van der Waals surface area contributed by atoms with Crippen molar-refractivity contribution >= 4 is 5.78 Å². The van der Waals surface area contributed by atoms with E-state index in [1.165, 1.54) is 37.7 Å². The quantitative estimate of drug-likeness (QED) is 0.470. The molecule has 4 aliphatic rings. The van der Waals surface area contributed by atoms with E-state index in [9.17, 15) is 9.90 Å². The number of allylic oxidation sites excluding steroid dienone is 1. The highest BCUT2D eigenvalue weighted by Crippen LogP contribution is 2.68. The first-order valence-electron chi connectivity index (χ1n) is 13.3. The summed E-state index contributed by atoms with van der Waals surface area (Å²) >= 11 is 0. The Morgan fingerprint density at radius 2 is 1.77 bits per heavy atom. The van der Waals surface area contributed by atoms with Gasteiger partial charge >= 0.3 is 0 Å². The average Bonchev–Trinajstić information content (AvgIpc) is 2.96. The summed E-state index contributed by atoms with van der Waals surface area (Å²) < 4.78 is 0. The SMILES string of the molecule is CC(C)CCC[C@@H](C)[C@H]1CC(=O)[C@H]2[C@@H]3CC=C4C(C)(C)[C@H](O)CC[C@]4(C)[C@H]3CC[C@]12C. The molecule has 4 rings (SSSR count). The number of carbonyl (C=O) groups excluding carboxylic acids is 1. The van der Waals surface area contributed by atoms with Crippen molar-refractivity contribution in [2.24, 2.45) is 51.8 Å². The number of aliphatic hydroxyl groups is 1. The molecule has 0 heterocycles. The van der Waals surface area contributed by atoms with Gasteiger partial charge in [0.15, 0.2) is 0 Å². The summed E-state index contributed by atoms with van der Waals surface area (Å²) in [6.07, 6.45) is 12.5. The Kier molecular flexibility index (Phi) is 6.07. The van der Waals surface area contributed by atoms with Gasteiger partial charge in [0.25, 0.3) is 0 Å². The molecule has 2 heteroatoms. The molecule has 3 fully saturated rings. The number of Topliss-reactive ketones (excluding diaryl/α,β-unsaturated/α-hetero) is 1. The molecule has 0 bridgehead atoms. The third-order valence-corrected chi connectivity index (χ3v) is 10.9. The van der Waals surface area contributed by atoms with Crippen LogP contribution in [0.5, 0.6) is 0 Å². The van der Waals surface area contributed by atoms with Crippen molar-refractivity contribution in [3.63, 3.8) is 0 Å². The minimum atomic E-state index is -0.235. The van der Waals surface area contributed by atoms with Gasteiger partial charge in [-0.15, -0.1) is 0 Å². The molecular weight excluding hydrogens is 380 g/mol. The molecule has 0 spiro atoms. The Morgan fingerprint density at radius 1 is 1.06 bits per heavy atom. The van der Waals surface area contributed by atoms with E-state index in [4.69, 9.17) is 0 Å². The van der Waals surface area contributed by atoms with E-state index in [0.717, 1.165) is 31.6 Å². The Bertz CT molecular complexity index is 733. The van der Waals surface area contributed by atoms with E-state index in [-0.39, 0.29) is 28.3 Å². The lowest BCUT2D eigenvalue weighted by molar-refractivity contribution is -0.131. The van der Waals surface area contributed by atoms with Crippen LogP contribution in [0.4, 0.5) is 0 Å². The van der Waals surface area contributed by atoms with Gasteiger partial charge in [-0.1, -0.05) is 79.4 Å². The number of aliphatic hydroxyl groups excluding tert-OH is 1. The standard InChI is InChI=1S/C29H48O2/c1-18(2)9-8-10-19(3)22-17-23(30)26-20-11-12-24-27(4,5)25(31)14-16-28(24,6)21(20)13-15-29(22,26)7/h12,18-22,25-26,31H,8-11,13-17H2,1-7H3/t19-,20-,21+,22-,25-,26-,28-,29-/m1/s1. The van der Waals surface area contributed by atoms with Crippen molar-refractivity contribution in [2.45, 2.75) is 112 Å². The van der Waals surface area contributed by atoms with E-state index in [0.29, 0.717) is 29.5 Å². The zero-order valence-electron chi connectivity index (χ0n) is 21.3. The molecule has 31 heavy (non-hydrogen) atoms. The van der Waals surface area contributed by atoms with Crippen molar-refractivity contribution < 1.29 is 9.90 Å². The maximum absolute atomic E-state index is 13.5. The third-order valence-electron chi connectivity index (χ3n) is 10.9. The van der Waals surface area contributed by atoms with E-state index < -0.39 is 0 Å². The zero-order valence-corrected chi connectivity index (χ0v) is 21.3. The van der Waals surface area contributed by atoms with Gasteiger partial charge in [0.05, 0.1) is 6.10 Å². The highest BCUT2D eigenvalue weighted by molar-refractivity contribution is 5.85. The highest BCUT2D eigenvalue weighted by Gasteiger charge is 2.63. The molecule has 0 aromatic carbocycles. The van der Waals surface area contributed by atoms with Crippen LogP contribution in [-0.2, 0) is 4.79 Å². The topological polar surface area (TPSA) is 37.3 Å². The lowest BCUT2D eigenvalue weighted by Gasteiger charge is -2.60. The van der Waals surface area contributed by atoms with Crippen LogP contribution < -0.4 is 0 Å². The fourth-order valence-corrected chi connectivity index (χ4v) is 9.13. The van der Waals surface area contributed by atoms with E-state index in [1.807, 2.05) is 0 Å². The van der Waals surface area contributed by atoms with Crippen molar-refractivity contribution in [1.29, 1.82) is 0 Å². The minimum Gasteiger partial charge on any atom is -0.392 e. The number of rotatable bonds is 5. The predicted octanol–water partition coefficient (Wildman–Crippen LogP) is 7.20. The van der Waals surface area contributed by atoms with Gasteiger partial charge in [0, 0.05) is 17.8 Å². The van der Waals surface area contributed by atoms with Crippen LogP contribution >= 0.6 is 0 Å². The van der Waals surface area contributed by atoms with Gasteiger partial charge in [0.2, 0.25) is 0 Å². The number of carbonyl (C=O) groups is 1. The molecule has 0 saturated heterocycles. The van der Waals surface area contributed by atoms with E-state index in [1.54, 1.807) is 0 Å². The largest absolute Gasteiger partial charge is 0.392 e. The number of hydrogen-bond donors (Lipinski definition) is 1. The van der Waals surface area contributed by atoms with Crippen LogP contribution in [-0.4, -0.2) is 17.0 Å². The molecule has 3 saturated carbocycles. The molecule has 0 radical (unpaired) electrons. The Hall–Kier alpha value is -0.630. The molecular formula is C29H48O2. The second-order valence-electron chi connectivity index (χ2n) is 13.4. The number of hydrogen-bond acceptors (Lipinski definition) is 2. The summed E-state index contributed by atoms with van der Waals surface area (Å²) in [7, 11) is 0. The van der Waals surface area contributed by atoms with Crippen molar-refractivity contribution in [1.82, 2.24) is 0 Å². The Balaban J connectivity index is 1.59. The fraction of sp³-hybridized carbons (Fsp3) is 0.897. The second-order valence-corrected chi connectivity index (χ2v) is 13.4. The molecule has 0 aromatic rings. The molecule has 2 nitrogen and oxygen atoms in total. The number of fused-ring (bicyclic) bond motifs is 5. The first-order valence-corrected chi connectivity index (χ1v) is 13.3. The Labute approximate surface area is 191 Å². The minimum absolute atomic E-state index is 0.133. The second kappa shape index (κ2) is 8.00. The van der Waals surface area contributed by atoms with Crippen LogP contribution in [0.25, 0.3) is 0 Å². The van der Waals surface area contributed by atoms with Gasteiger partial charge in [0.1, 0.15) is 5.78 Å². The summed E-state index contributed by atoms with van der Waals surface area (Å²) in [6.45, 7) is 16.5. The smallest absolute Gasteiger partial charge is 0.137 e. The summed E-state index contributed by atoms with van der Waals surface area (Å²) in [4.78, 5) is 13.5. The summed E-state index contributed by atoms with van der Waals surface area (Å²) in [5.74, 6) is 3.96. The van der Waals surface area contributed by atoms with Crippen LogP contribution in [0, 0.1) is 51.8 Å². The zero-order chi connectivity index (χ0) is 22.8. The van der Waals surface area contributed by atoms with Crippen LogP contribution in [0.1, 0.15) is 106 Å². The molecule has 0 unspecified atom stereocenters. The van der Waals surface area contributed by atoms with Crippen LogP contribution in [0.15, 0.2) is 11.6 Å². The summed E-state index contributed by atoms with van der Waals surface area (Å²) in [6, 6.07) is 0. The summed E-state index contributed by atoms with van der Waals surface area (Å²) in [5, 5.41) is 10.7. The molecule has 4 aliphatic carbocycles. The molecule has 8 atom stereocenters. The van der Waals surface area contributed by atoms with Crippen molar-refractivity contribution in [3.8, 4) is 0 Å². The lowest BCUT2D eigenvalue weighted by Crippen LogP contribution is -2.55. The average molecular weight is 429 g/mol. The van der Waals surface area contributed by atoms with Crippen molar-refractivity contribution in [3.05, 3.63) is 11.6 Å². The normalized spacial score (nSPS) is 45.0. The first-order chi connectivity index (χ1) is 14.4. The molecule has 0 aliphatic heterocycles. The summed E-state index contributed by atoms with van der Waals surface area (Å²) in [5.41, 5.74) is 1.72. The molecule has 176 valence electrons. The lowest BCUT2D eigenvalue weighted by atomic mass is 9.44. The predicted molar refractivity (Wildman–Crippen MR) is 129 cm³/mol. The van der Waals surface area contributed by atoms with Gasteiger partial charge in [-0.25, -0.2) is 0 Å². The van der Waals surface area contributed by atoms with E-state index >= 15 is 0 Å². The molecule has 0 amide bonds. The van der Waals surface area contributed by atoms with Crippen LogP contribution in [0.2, 0.25) is 0 Å². The van der Waals surface area contributed by atoms with E-state index in [2.05, 4.69) is 54.5 Å². The molecule has 1 N–H and O–H groups in total. The van der Waals surface area contributed by atoms with Gasteiger partial charge < -0.3 is 5.11 Å². The third kappa shape index (κ3) is 3.58. The fourth-order valence-electron chi connectivity index (χ4n) is 9.13. The van der Waals surface area contributed by atoms with Gasteiger partial charge in [-0.3, -0.25) is 4.79 Å². The Morgan fingerprint density at radius 3 is 2.45 bits per heavy atom. The van der Waals surface area contributed by atoms with Crippen LogP contribution in [0.3, 0.4) is 0 Å². The van der Waals surface area contributed by atoms with Gasteiger partial charge in [-0.05, 0) is 72.5 Å². The molecule has 0 aromatic heterocycles. The van der Waals surface area contributed by atoms with Gasteiger partial charge in [-0.2, -0.15) is 0 Å².